The highest BCUT2D eigenvalue weighted by atomic mass is 19.1. The molecule has 1 aliphatic heterocycles. The Morgan fingerprint density at radius 3 is 2.50 bits per heavy atom. The Morgan fingerprint density at radius 2 is 1.90 bits per heavy atom. The zero-order valence-electron chi connectivity index (χ0n) is 11.4. The summed E-state index contributed by atoms with van der Waals surface area (Å²) < 4.78 is 38.0. The lowest BCUT2D eigenvalue weighted by molar-refractivity contribution is -0.178. The van der Waals surface area contributed by atoms with Crippen molar-refractivity contribution in [1.29, 1.82) is 0 Å². The molecular weight excluding hydrogens is 266 g/mol. The molecule has 0 unspecified atom stereocenters. The minimum absolute atomic E-state index is 0.167. The van der Waals surface area contributed by atoms with Crippen LogP contribution in [0.3, 0.4) is 0 Å². The van der Waals surface area contributed by atoms with Gasteiger partial charge in [0.1, 0.15) is 5.82 Å². The molecule has 1 aromatic heterocycles. The van der Waals surface area contributed by atoms with Gasteiger partial charge in [-0.3, -0.25) is 0 Å². The van der Waals surface area contributed by atoms with Crippen LogP contribution in [0.15, 0.2) is 12.3 Å². The average Bonchev–Trinajstić information content (AvgIpc) is 2.87. The van der Waals surface area contributed by atoms with Crippen LogP contribution < -0.4 is 4.90 Å². The SMILES string of the molecule is CN(c1ncc(F)cc1F)C1CCC2(CC1)OCCO2. The second-order valence-corrected chi connectivity index (χ2v) is 5.41. The van der Waals surface area contributed by atoms with Crippen molar-refractivity contribution in [2.24, 2.45) is 0 Å². The maximum absolute atomic E-state index is 13.8. The van der Waals surface area contributed by atoms with Crippen LogP contribution in [0.4, 0.5) is 14.6 Å². The van der Waals surface area contributed by atoms with Crippen LogP contribution in [-0.4, -0.2) is 37.1 Å². The number of rotatable bonds is 2. The first-order valence-corrected chi connectivity index (χ1v) is 6.91. The summed E-state index contributed by atoms with van der Waals surface area (Å²) in [5.41, 5.74) is 0. The summed E-state index contributed by atoms with van der Waals surface area (Å²) in [4.78, 5) is 5.64. The smallest absolute Gasteiger partial charge is 0.168 e. The van der Waals surface area contributed by atoms with Crippen molar-refractivity contribution in [1.82, 2.24) is 4.98 Å². The molecular formula is C14H18F2N2O2. The highest BCUT2D eigenvalue weighted by Gasteiger charge is 2.41. The molecule has 1 aromatic rings. The van der Waals surface area contributed by atoms with Crippen LogP contribution in [0.2, 0.25) is 0 Å². The summed E-state index contributed by atoms with van der Waals surface area (Å²) >= 11 is 0. The fourth-order valence-corrected chi connectivity index (χ4v) is 3.06. The Balaban J connectivity index is 1.68. The van der Waals surface area contributed by atoms with Gasteiger partial charge in [-0.05, 0) is 12.8 Å². The van der Waals surface area contributed by atoms with E-state index < -0.39 is 17.4 Å². The van der Waals surface area contributed by atoms with Gasteiger partial charge in [0.05, 0.1) is 19.4 Å². The fourth-order valence-electron chi connectivity index (χ4n) is 3.06. The molecule has 20 heavy (non-hydrogen) atoms. The van der Waals surface area contributed by atoms with E-state index >= 15 is 0 Å². The number of anilines is 1. The van der Waals surface area contributed by atoms with Gasteiger partial charge >= 0.3 is 0 Å². The molecule has 6 heteroatoms. The first-order chi connectivity index (χ1) is 9.60. The topological polar surface area (TPSA) is 34.6 Å². The Labute approximate surface area is 116 Å². The largest absolute Gasteiger partial charge is 0.354 e. The molecule has 3 rings (SSSR count). The summed E-state index contributed by atoms with van der Waals surface area (Å²) in [5.74, 6) is -1.51. The summed E-state index contributed by atoms with van der Waals surface area (Å²) in [6.07, 6.45) is 4.32. The van der Waals surface area contributed by atoms with Crippen molar-refractivity contribution in [3.63, 3.8) is 0 Å². The first-order valence-electron chi connectivity index (χ1n) is 6.91. The molecule has 0 aromatic carbocycles. The maximum Gasteiger partial charge on any atom is 0.168 e. The predicted molar refractivity (Wildman–Crippen MR) is 69.4 cm³/mol. The van der Waals surface area contributed by atoms with Crippen molar-refractivity contribution in [2.75, 3.05) is 25.2 Å². The van der Waals surface area contributed by atoms with E-state index in [1.165, 1.54) is 0 Å². The third-order valence-electron chi connectivity index (χ3n) is 4.20. The zero-order valence-corrected chi connectivity index (χ0v) is 11.4. The number of hydrogen-bond donors (Lipinski definition) is 0. The average molecular weight is 284 g/mol. The van der Waals surface area contributed by atoms with Crippen LogP contribution in [0.25, 0.3) is 0 Å². The number of ether oxygens (including phenoxy) is 2. The van der Waals surface area contributed by atoms with Gasteiger partial charge in [0.15, 0.2) is 17.4 Å². The molecule has 1 saturated heterocycles. The van der Waals surface area contributed by atoms with Crippen LogP contribution in [0.5, 0.6) is 0 Å². The molecule has 2 fully saturated rings. The van der Waals surface area contributed by atoms with Gasteiger partial charge in [0.25, 0.3) is 0 Å². The minimum atomic E-state index is -0.657. The Bertz CT molecular complexity index is 482. The van der Waals surface area contributed by atoms with E-state index in [9.17, 15) is 8.78 Å². The number of halogens is 2. The molecule has 0 bridgehead atoms. The van der Waals surface area contributed by atoms with Gasteiger partial charge in [-0.15, -0.1) is 0 Å². The summed E-state index contributed by atoms with van der Waals surface area (Å²) in [6.45, 7) is 1.29. The van der Waals surface area contributed by atoms with Gasteiger partial charge in [0, 0.05) is 32.0 Å². The number of pyridine rings is 1. The highest BCUT2D eigenvalue weighted by Crippen LogP contribution is 2.38. The van der Waals surface area contributed by atoms with Gasteiger partial charge in [0.2, 0.25) is 0 Å². The number of nitrogens with zero attached hydrogens (tertiary/aromatic N) is 2. The Hall–Kier alpha value is -1.27. The van der Waals surface area contributed by atoms with E-state index in [4.69, 9.17) is 9.47 Å². The van der Waals surface area contributed by atoms with Crippen molar-refractivity contribution in [3.05, 3.63) is 23.9 Å². The lowest BCUT2D eigenvalue weighted by atomic mass is 9.89. The standard InChI is InChI=1S/C14H18F2N2O2/c1-18(13-12(16)8-10(15)9-17-13)11-2-4-14(5-3-11)19-6-7-20-14/h8-9,11H,2-7H2,1H3. The van der Waals surface area contributed by atoms with Gasteiger partial charge in [-0.2, -0.15) is 0 Å². The molecule has 1 saturated carbocycles. The maximum atomic E-state index is 13.8. The van der Waals surface area contributed by atoms with Crippen molar-refractivity contribution in [3.8, 4) is 0 Å². The lowest BCUT2D eigenvalue weighted by Gasteiger charge is -2.39. The van der Waals surface area contributed by atoms with Crippen LogP contribution >= 0.6 is 0 Å². The molecule has 0 radical (unpaired) electrons. The fraction of sp³-hybridized carbons (Fsp3) is 0.643. The first kappa shape index (κ1) is 13.7. The quantitative estimate of drug-likeness (QED) is 0.835. The number of hydrogen-bond acceptors (Lipinski definition) is 4. The molecule has 1 aliphatic carbocycles. The third kappa shape index (κ3) is 2.50. The normalized spacial score (nSPS) is 22.4. The van der Waals surface area contributed by atoms with Gasteiger partial charge in [-0.1, -0.05) is 0 Å². The van der Waals surface area contributed by atoms with E-state index in [1.807, 2.05) is 0 Å². The summed E-state index contributed by atoms with van der Waals surface area (Å²) in [6, 6.07) is 1.03. The predicted octanol–water partition coefficient (Wildman–Crippen LogP) is 2.48. The Kier molecular flexibility index (Phi) is 3.60. The molecule has 2 aliphatic rings. The van der Waals surface area contributed by atoms with E-state index in [2.05, 4.69) is 4.98 Å². The third-order valence-corrected chi connectivity index (χ3v) is 4.20. The summed E-state index contributed by atoms with van der Waals surface area (Å²) in [5, 5.41) is 0. The minimum Gasteiger partial charge on any atom is -0.354 e. The molecule has 0 atom stereocenters. The second-order valence-electron chi connectivity index (χ2n) is 5.41. The van der Waals surface area contributed by atoms with Crippen molar-refractivity contribution >= 4 is 5.82 Å². The highest BCUT2D eigenvalue weighted by molar-refractivity contribution is 5.40. The molecule has 110 valence electrons. The molecule has 1 spiro atoms. The Morgan fingerprint density at radius 1 is 1.25 bits per heavy atom. The lowest BCUT2D eigenvalue weighted by Crippen LogP contribution is -2.43. The van der Waals surface area contributed by atoms with E-state index in [-0.39, 0.29) is 11.9 Å². The zero-order chi connectivity index (χ0) is 14.2. The van der Waals surface area contributed by atoms with E-state index in [0.29, 0.717) is 13.2 Å². The van der Waals surface area contributed by atoms with Crippen LogP contribution in [0, 0.1) is 11.6 Å². The number of aromatic nitrogens is 1. The second kappa shape index (κ2) is 5.26. The van der Waals surface area contributed by atoms with Crippen molar-refractivity contribution in [2.45, 2.75) is 37.5 Å². The monoisotopic (exact) mass is 284 g/mol. The van der Waals surface area contributed by atoms with Gasteiger partial charge in [-0.25, -0.2) is 13.8 Å². The van der Waals surface area contributed by atoms with Crippen LogP contribution in [0.1, 0.15) is 25.7 Å². The van der Waals surface area contributed by atoms with Crippen LogP contribution in [-0.2, 0) is 9.47 Å². The molecule has 2 heterocycles. The molecule has 0 amide bonds. The van der Waals surface area contributed by atoms with E-state index in [1.54, 1.807) is 11.9 Å². The van der Waals surface area contributed by atoms with Gasteiger partial charge < -0.3 is 14.4 Å². The molecule has 4 nitrogen and oxygen atoms in total. The molecule has 0 N–H and O–H groups in total. The van der Waals surface area contributed by atoms with Crippen molar-refractivity contribution < 1.29 is 18.3 Å². The summed E-state index contributed by atoms with van der Waals surface area (Å²) in [7, 11) is 1.79. The van der Waals surface area contributed by atoms with E-state index in [0.717, 1.165) is 37.9 Å².